The number of halogens is 2. The smallest absolute Gasteiger partial charge is 0.326 e. The highest BCUT2D eigenvalue weighted by Gasteiger charge is 2.28. The molecular weight excluding hydrogens is 491 g/mol. The molecule has 176 valence electrons. The van der Waals surface area contributed by atoms with Gasteiger partial charge in [-0.15, -0.1) is 0 Å². The lowest BCUT2D eigenvalue weighted by molar-refractivity contribution is 0.257. The molecule has 1 unspecified atom stereocenters. The number of nitrogens with one attached hydrogen (secondary N) is 1. The SMILES string of the molecule is O=C(Nc1ccccc1Cl)N1CCc2cc(S(=O)N3CCN(c4cccc(Cl)c4)CC3)ccc21. The van der Waals surface area contributed by atoms with E-state index in [2.05, 4.69) is 10.2 Å². The Bertz CT molecular complexity index is 1250. The molecule has 0 radical (unpaired) electrons. The number of anilines is 3. The summed E-state index contributed by atoms with van der Waals surface area (Å²) in [5.74, 6) is 0. The van der Waals surface area contributed by atoms with Crippen molar-refractivity contribution in [3.63, 3.8) is 0 Å². The first kappa shape index (κ1) is 23.2. The molecule has 0 aliphatic carbocycles. The molecule has 3 aromatic rings. The van der Waals surface area contributed by atoms with E-state index in [4.69, 9.17) is 23.2 Å². The lowest BCUT2D eigenvalue weighted by atomic mass is 10.2. The minimum Gasteiger partial charge on any atom is -0.369 e. The fourth-order valence-corrected chi connectivity index (χ4v) is 5.97. The highest BCUT2D eigenvalue weighted by Crippen LogP contribution is 2.32. The van der Waals surface area contributed by atoms with Gasteiger partial charge in [-0.3, -0.25) is 4.90 Å². The van der Waals surface area contributed by atoms with Gasteiger partial charge in [0.2, 0.25) is 0 Å². The summed E-state index contributed by atoms with van der Waals surface area (Å²) in [7, 11) is -1.25. The van der Waals surface area contributed by atoms with Gasteiger partial charge >= 0.3 is 6.03 Å². The first-order valence-corrected chi connectivity index (χ1v) is 13.0. The van der Waals surface area contributed by atoms with E-state index in [1.165, 1.54) is 0 Å². The van der Waals surface area contributed by atoms with E-state index in [-0.39, 0.29) is 6.03 Å². The minimum absolute atomic E-state index is 0.224. The van der Waals surface area contributed by atoms with E-state index < -0.39 is 11.0 Å². The van der Waals surface area contributed by atoms with Crippen molar-refractivity contribution in [1.82, 2.24) is 4.31 Å². The van der Waals surface area contributed by atoms with Crippen molar-refractivity contribution in [2.24, 2.45) is 0 Å². The van der Waals surface area contributed by atoms with Gasteiger partial charge in [0.05, 0.1) is 15.6 Å². The Labute approximate surface area is 211 Å². The predicted molar refractivity (Wildman–Crippen MR) is 140 cm³/mol. The number of nitrogens with zero attached hydrogens (tertiary/aromatic N) is 3. The van der Waals surface area contributed by atoms with Gasteiger partial charge in [0.15, 0.2) is 0 Å². The molecule has 0 aromatic heterocycles. The summed E-state index contributed by atoms with van der Waals surface area (Å²) in [5.41, 5.74) is 3.54. The quantitative estimate of drug-likeness (QED) is 0.504. The van der Waals surface area contributed by atoms with Crippen LogP contribution in [0, 0.1) is 0 Å². The summed E-state index contributed by atoms with van der Waals surface area (Å²) in [4.78, 5) is 17.6. The Kier molecular flexibility index (Phi) is 6.79. The second-order valence-electron chi connectivity index (χ2n) is 8.25. The van der Waals surface area contributed by atoms with Gasteiger partial charge in [-0.1, -0.05) is 41.4 Å². The van der Waals surface area contributed by atoms with Crippen molar-refractivity contribution >= 4 is 57.3 Å². The third-order valence-electron chi connectivity index (χ3n) is 6.16. The second kappa shape index (κ2) is 9.96. The first-order valence-electron chi connectivity index (χ1n) is 11.1. The molecular formula is C25H24Cl2N4O2S. The number of hydrogen-bond donors (Lipinski definition) is 1. The van der Waals surface area contributed by atoms with E-state index in [9.17, 15) is 9.00 Å². The molecule has 0 saturated carbocycles. The monoisotopic (exact) mass is 514 g/mol. The molecule has 5 rings (SSSR count). The molecule has 0 bridgehead atoms. The van der Waals surface area contributed by atoms with E-state index in [0.29, 0.717) is 30.3 Å². The lowest BCUT2D eigenvalue weighted by Gasteiger charge is -2.35. The summed E-state index contributed by atoms with van der Waals surface area (Å²) in [6, 6.07) is 20.5. The van der Waals surface area contributed by atoms with Gasteiger partial charge in [-0.2, -0.15) is 0 Å². The fraction of sp³-hybridized carbons (Fsp3) is 0.240. The van der Waals surface area contributed by atoms with Crippen LogP contribution in [-0.4, -0.2) is 47.3 Å². The lowest BCUT2D eigenvalue weighted by Crippen LogP contribution is -2.46. The number of benzene rings is 3. The maximum absolute atomic E-state index is 13.3. The standard InChI is InChI=1S/C25H24Cl2N4O2S/c26-19-4-3-5-20(17-19)29-12-14-30(15-13-29)34(33)21-8-9-24-18(16-21)10-11-31(24)25(32)28-23-7-2-1-6-22(23)27/h1-9,16-17H,10-15H2,(H,28,32). The van der Waals surface area contributed by atoms with Crippen LogP contribution in [0.15, 0.2) is 71.6 Å². The van der Waals surface area contributed by atoms with Gasteiger partial charge in [0.25, 0.3) is 0 Å². The third-order valence-corrected chi connectivity index (χ3v) is 8.21. The number of piperazine rings is 1. The maximum Gasteiger partial charge on any atom is 0.326 e. The molecule has 1 N–H and O–H groups in total. The van der Waals surface area contributed by atoms with Gasteiger partial charge in [-0.25, -0.2) is 13.3 Å². The molecule has 1 atom stereocenters. The number of amides is 2. The molecule has 1 saturated heterocycles. The summed E-state index contributed by atoms with van der Waals surface area (Å²) in [6.45, 7) is 3.53. The molecule has 2 heterocycles. The first-order chi connectivity index (χ1) is 16.5. The van der Waals surface area contributed by atoms with Crippen LogP contribution in [-0.2, 0) is 17.4 Å². The fourth-order valence-electron chi connectivity index (χ4n) is 4.38. The molecule has 1 fully saturated rings. The van der Waals surface area contributed by atoms with Gasteiger partial charge < -0.3 is 10.2 Å². The number of para-hydroxylation sites is 1. The van der Waals surface area contributed by atoms with Crippen LogP contribution < -0.4 is 15.1 Å². The van der Waals surface area contributed by atoms with E-state index in [1.807, 2.05) is 58.9 Å². The molecule has 0 spiro atoms. The van der Waals surface area contributed by atoms with Crippen LogP contribution in [0.1, 0.15) is 5.56 Å². The van der Waals surface area contributed by atoms with E-state index in [0.717, 1.165) is 46.4 Å². The van der Waals surface area contributed by atoms with Crippen LogP contribution in [0.4, 0.5) is 21.9 Å². The molecule has 34 heavy (non-hydrogen) atoms. The largest absolute Gasteiger partial charge is 0.369 e. The van der Waals surface area contributed by atoms with Crippen LogP contribution in [0.2, 0.25) is 10.0 Å². The number of rotatable bonds is 4. The van der Waals surface area contributed by atoms with Gasteiger partial charge in [0.1, 0.15) is 11.0 Å². The van der Waals surface area contributed by atoms with Crippen molar-refractivity contribution in [2.45, 2.75) is 11.3 Å². The molecule has 9 heteroatoms. The van der Waals surface area contributed by atoms with Gasteiger partial charge in [-0.05, 0) is 60.5 Å². The average molecular weight is 515 g/mol. The van der Waals surface area contributed by atoms with Crippen LogP contribution in [0.5, 0.6) is 0 Å². The normalized spacial score (nSPS) is 16.9. The zero-order chi connectivity index (χ0) is 23.7. The predicted octanol–water partition coefficient (Wildman–Crippen LogP) is 5.43. The van der Waals surface area contributed by atoms with E-state index in [1.54, 1.807) is 17.0 Å². The zero-order valence-corrected chi connectivity index (χ0v) is 20.7. The van der Waals surface area contributed by atoms with Gasteiger partial charge in [0, 0.05) is 49.1 Å². The van der Waals surface area contributed by atoms with Crippen molar-refractivity contribution < 1.29 is 9.00 Å². The zero-order valence-electron chi connectivity index (χ0n) is 18.4. The summed E-state index contributed by atoms with van der Waals surface area (Å²) in [5, 5.41) is 4.09. The van der Waals surface area contributed by atoms with Crippen molar-refractivity contribution in [2.75, 3.05) is 47.8 Å². The average Bonchev–Trinajstić information content (AvgIpc) is 3.28. The van der Waals surface area contributed by atoms with Crippen LogP contribution in [0.25, 0.3) is 0 Å². The number of hydrogen-bond acceptors (Lipinski definition) is 3. The number of urea groups is 1. The van der Waals surface area contributed by atoms with Crippen molar-refractivity contribution in [3.8, 4) is 0 Å². The number of fused-ring (bicyclic) bond motifs is 1. The minimum atomic E-state index is -1.25. The summed E-state index contributed by atoms with van der Waals surface area (Å²) in [6.07, 6.45) is 0.721. The molecule has 2 amide bonds. The van der Waals surface area contributed by atoms with E-state index >= 15 is 0 Å². The Balaban J connectivity index is 1.24. The number of carbonyl (C=O) groups is 1. The summed E-state index contributed by atoms with van der Waals surface area (Å²) < 4.78 is 15.3. The van der Waals surface area contributed by atoms with Crippen LogP contribution >= 0.6 is 23.2 Å². The van der Waals surface area contributed by atoms with Crippen molar-refractivity contribution in [3.05, 3.63) is 82.3 Å². The Morgan fingerprint density at radius 3 is 2.44 bits per heavy atom. The highest BCUT2D eigenvalue weighted by atomic mass is 35.5. The summed E-state index contributed by atoms with van der Waals surface area (Å²) >= 11 is 12.3. The molecule has 2 aliphatic rings. The van der Waals surface area contributed by atoms with Crippen LogP contribution in [0.3, 0.4) is 0 Å². The number of carbonyl (C=O) groups excluding carboxylic acids is 1. The molecule has 2 aliphatic heterocycles. The molecule has 6 nitrogen and oxygen atoms in total. The maximum atomic E-state index is 13.3. The Morgan fingerprint density at radius 2 is 1.68 bits per heavy atom. The highest BCUT2D eigenvalue weighted by molar-refractivity contribution is 7.82. The Morgan fingerprint density at radius 1 is 0.882 bits per heavy atom. The topological polar surface area (TPSA) is 55.9 Å². The second-order valence-corrected chi connectivity index (χ2v) is 10.6. The third kappa shape index (κ3) is 4.79. The van der Waals surface area contributed by atoms with Crippen molar-refractivity contribution in [1.29, 1.82) is 0 Å². The molecule has 3 aromatic carbocycles. The Hall–Kier alpha value is -2.58.